The van der Waals surface area contributed by atoms with Crippen LogP contribution in [0.2, 0.25) is 0 Å². The van der Waals surface area contributed by atoms with E-state index in [1.807, 2.05) is 38.1 Å². The number of rotatable bonds is 6. The van der Waals surface area contributed by atoms with Crippen LogP contribution < -0.4 is 0 Å². The fourth-order valence-corrected chi connectivity index (χ4v) is 1.88. The van der Waals surface area contributed by atoms with E-state index in [0.29, 0.717) is 6.42 Å². The van der Waals surface area contributed by atoms with E-state index >= 15 is 0 Å². The molecule has 0 aromatic heterocycles. The van der Waals surface area contributed by atoms with E-state index < -0.39 is 5.97 Å². The average molecular weight is 250 g/mol. The van der Waals surface area contributed by atoms with E-state index in [9.17, 15) is 4.79 Å². The van der Waals surface area contributed by atoms with Gasteiger partial charge in [-0.2, -0.15) is 0 Å². The minimum atomic E-state index is -0.754. The van der Waals surface area contributed by atoms with Crippen LogP contribution >= 0.6 is 0 Å². The Labute approximate surface area is 109 Å². The third-order valence-corrected chi connectivity index (χ3v) is 3.23. The molecule has 1 atom stereocenters. The van der Waals surface area contributed by atoms with Gasteiger partial charge in [-0.25, -0.2) is 0 Å². The first-order chi connectivity index (χ1) is 8.35. The lowest BCUT2D eigenvalue weighted by Gasteiger charge is -2.24. The molecule has 0 spiro atoms. The summed E-state index contributed by atoms with van der Waals surface area (Å²) in [5.41, 5.74) is 2.03. The second-order valence-corrected chi connectivity index (χ2v) is 5.35. The summed E-state index contributed by atoms with van der Waals surface area (Å²) < 4.78 is 5.43. The normalized spacial score (nSPS) is 13.3. The standard InChI is InChI=1S/C15H22O3/c1-11(14(16)17)9-12-7-5-6-8-13(12)10-15(2,3)18-4/h5-8,11H,9-10H2,1-4H3,(H,16,17). The van der Waals surface area contributed by atoms with Crippen LogP contribution in [-0.2, 0) is 22.4 Å². The van der Waals surface area contributed by atoms with Gasteiger partial charge in [0.25, 0.3) is 0 Å². The molecule has 0 bridgehead atoms. The summed E-state index contributed by atoms with van der Waals surface area (Å²) >= 11 is 0. The molecule has 3 heteroatoms. The molecule has 3 nitrogen and oxygen atoms in total. The number of carbonyl (C=O) groups is 1. The number of aliphatic carboxylic acids is 1. The maximum absolute atomic E-state index is 10.9. The molecular formula is C15H22O3. The molecular weight excluding hydrogens is 228 g/mol. The topological polar surface area (TPSA) is 46.5 Å². The van der Waals surface area contributed by atoms with E-state index in [0.717, 1.165) is 17.5 Å². The summed E-state index contributed by atoms with van der Waals surface area (Å²) in [6.45, 7) is 5.80. The minimum absolute atomic E-state index is 0.234. The van der Waals surface area contributed by atoms with Gasteiger partial charge < -0.3 is 9.84 Å². The Kier molecular flexibility index (Phi) is 4.91. The van der Waals surface area contributed by atoms with Crippen molar-refractivity contribution in [2.24, 2.45) is 5.92 Å². The van der Waals surface area contributed by atoms with E-state index in [-0.39, 0.29) is 11.5 Å². The molecule has 100 valence electrons. The number of benzene rings is 1. The number of methoxy groups -OCH3 is 1. The van der Waals surface area contributed by atoms with Gasteiger partial charge in [0.1, 0.15) is 0 Å². The smallest absolute Gasteiger partial charge is 0.306 e. The number of hydrogen-bond donors (Lipinski definition) is 1. The van der Waals surface area contributed by atoms with Crippen LogP contribution in [0.5, 0.6) is 0 Å². The Hall–Kier alpha value is -1.35. The monoisotopic (exact) mass is 250 g/mol. The molecule has 0 saturated carbocycles. The second-order valence-electron chi connectivity index (χ2n) is 5.35. The van der Waals surface area contributed by atoms with Crippen LogP contribution in [0, 0.1) is 5.92 Å². The van der Waals surface area contributed by atoms with Crippen LogP contribution in [0.1, 0.15) is 31.9 Å². The number of hydrogen-bond acceptors (Lipinski definition) is 2. The zero-order valence-corrected chi connectivity index (χ0v) is 11.6. The van der Waals surface area contributed by atoms with Crippen molar-refractivity contribution in [3.63, 3.8) is 0 Å². The van der Waals surface area contributed by atoms with Gasteiger partial charge in [0, 0.05) is 13.5 Å². The van der Waals surface area contributed by atoms with Crippen molar-refractivity contribution < 1.29 is 14.6 Å². The third kappa shape index (κ3) is 4.15. The summed E-state index contributed by atoms with van der Waals surface area (Å²) in [5, 5.41) is 8.99. The molecule has 1 aromatic carbocycles. The molecule has 0 heterocycles. The van der Waals surface area contributed by atoms with Crippen molar-refractivity contribution in [3.05, 3.63) is 35.4 Å². The minimum Gasteiger partial charge on any atom is -0.481 e. The first-order valence-corrected chi connectivity index (χ1v) is 6.20. The predicted octanol–water partition coefficient (Wildman–Crippen LogP) is 2.92. The van der Waals surface area contributed by atoms with Crippen molar-refractivity contribution in [2.45, 2.75) is 39.2 Å². The molecule has 0 aliphatic heterocycles. The van der Waals surface area contributed by atoms with Crippen molar-refractivity contribution in [2.75, 3.05) is 7.11 Å². The summed E-state index contributed by atoms with van der Waals surface area (Å²) in [5.74, 6) is -1.12. The quantitative estimate of drug-likeness (QED) is 0.844. The van der Waals surface area contributed by atoms with Gasteiger partial charge in [-0.15, -0.1) is 0 Å². The van der Waals surface area contributed by atoms with Gasteiger partial charge in [0.15, 0.2) is 0 Å². The largest absolute Gasteiger partial charge is 0.481 e. The van der Waals surface area contributed by atoms with E-state index in [1.54, 1.807) is 14.0 Å². The highest BCUT2D eigenvalue weighted by molar-refractivity contribution is 5.70. The van der Waals surface area contributed by atoms with Crippen molar-refractivity contribution in [3.8, 4) is 0 Å². The second kappa shape index (κ2) is 6.01. The molecule has 0 amide bonds. The molecule has 1 rings (SSSR count). The Morgan fingerprint density at radius 1 is 1.33 bits per heavy atom. The zero-order valence-electron chi connectivity index (χ0n) is 11.6. The van der Waals surface area contributed by atoms with Crippen molar-refractivity contribution >= 4 is 5.97 Å². The summed E-state index contributed by atoms with van der Waals surface area (Å²) in [6, 6.07) is 7.98. The van der Waals surface area contributed by atoms with Gasteiger partial charge in [-0.1, -0.05) is 31.2 Å². The van der Waals surface area contributed by atoms with Gasteiger partial charge >= 0.3 is 5.97 Å². The molecule has 1 N–H and O–H groups in total. The lowest BCUT2D eigenvalue weighted by atomic mass is 9.90. The maximum Gasteiger partial charge on any atom is 0.306 e. The number of carboxylic acid groups (broad SMARTS) is 1. The average Bonchev–Trinajstić information content (AvgIpc) is 2.31. The number of ether oxygens (including phenoxy) is 1. The summed E-state index contributed by atoms with van der Waals surface area (Å²) in [6.07, 6.45) is 1.34. The Balaban J connectivity index is 2.89. The fraction of sp³-hybridized carbons (Fsp3) is 0.533. The molecule has 0 aliphatic rings. The van der Waals surface area contributed by atoms with Crippen LogP contribution in [0.3, 0.4) is 0 Å². The lowest BCUT2D eigenvalue weighted by Crippen LogP contribution is -2.26. The van der Waals surface area contributed by atoms with Gasteiger partial charge in [0.2, 0.25) is 0 Å². The summed E-state index contributed by atoms with van der Waals surface area (Å²) in [4.78, 5) is 10.9. The molecule has 1 unspecified atom stereocenters. The Morgan fingerprint density at radius 2 is 1.89 bits per heavy atom. The van der Waals surface area contributed by atoms with Crippen LogP contribution in [0.25, 0.3) is 0 Å². The van der Waals surface area contributed by atoms with E-state index in [4.69, 9.17) is 9.84 Å². The summed E-state index contributed by atoms with van der Waals surface area (Å²) in [7, 11) is 1.70. The van der Waals surface area contributed by atoms with Gasteiger partial charge in [-0.05, 0) is 31.4 Å². The SMILES string of the molecule is COC(C)(C)Cc1ccccc1CC(C)C(=O)O. The fourth-order valence-electron chi connectivity index (χ4n) is 1.88. The molecule has 0 aliphatic carbocycles. The predicted molar refractivity (Wildman–Crippen MR) is 71.7 cm³/mol. The lowest BCUT2D eigenvalue weighted by molar-refractivity contribution is -0.141. The van der Waals surface area contributed by atoms with E-state index in [1.165, 1.54) is 0 Å². The van der Waals surface area contributed by atoms with Gasteiger partial charge in [-0.3, -0.25) is 4.79 Å². The Bertz CT molecular complexity index is 410. The molecule has 0 saturated heterocycles. The van der Waals surface area contributed by atoms with Crippen LogP contribution in [0.15, 0.2) is 24.3 Å². The van der Waals surface area contributed by atoms with E-state index in [2.05, 4.69) is 0 Å². The highest BCUT2D eigenvalue weighted by atomic mass is 16.5. The van der Waals surface area contributed by atoms with Crippen LogP contribution in [0.4, 0.5) is 0 Å². The van der Waals surface area contributed by atoms with Crippen molar-refractivity contribution in [1.29, 1.82) is 0 Å². The zero-order chi connectivity index (χ0) is 13.8. The number of carboxylic acids is 1. The highest BCUT2D eigenvalue weighted by Crippen LogP contribution is 2.21. The van der Waals surface area contributed by atoms with Crippen LogP contribution in [-0.4, -0.2) is 23.8 Å². The maximum atomic E-state index is 10.9. The molecule has 18 heavy (non-hydrogen) atoms. The first kappa shape index (κ1) is 14.7. The molecule has 1 aromatic rings. The van der Waals surface area contributed by atoms with Crippen molar-refractivity contribution in [1.82, 2.24) is 0 Å². The third-order valence-electron chi connectivity index (χ3n) is 3.23. The Morgan fingerprint density at radius 3 is 2.39 bits per heavy atom. The molecule has 0 radical (unpaired) electrons. The first-order valence-electron chi connectivity index (χ1n) is 6.20. The van der Waals surface area contributed by atoms with Gasteiger partial charge in [0.05, 0.1) is 11.5 Å². The molecule has 0 fully saturated rings. The highest BCUT2D eigenvalue weighted by Gasteiger charge is 2.20.